The molecule has 0 aromatic heterocycles. The molecule has 6 heteroatoms. The van der Waals surface area contributed by atoms with Crippen LogP contribution in [-0.2, 0) is 0 Å². The van der Waals surface area contributed by atoms with Gasteiger partial charge in [0.2, 0.25) is 6.79 Å². The van der Waals surface area contributed by atoms with Gasteiger partial charge in [0.05, 0.1) is 19.8 Å². The number of hydrogen-bond donors (Lipinski definition) is 1. The quantitative estimate of drug-likeness (QED) is 0.158. The van der Waals surface area contributed by atoms with E-state index < -0.39 is 0 Å². The average molecular weight is 480 g/mol. The van der Waals surface area contributed by atoms with Crippen LogP contribution in [0.2, 0.25) is 0 Å². The Balaban J connectivity index is 1.50. The van der Waals surface area contributed by atoms with Crippen LogP contribution in [0.1, 0.15) is 75.8 Å². The molecular weight excluding hydrogens is 442 g/mol. The second-order valence-electron chi connectivity index (χ2n) is 8.60. The lowest BCUT2D eigenvalue weighted by Crippen LogP contribution is -2.01. The van der Waals surface area contributed by atoms with E-state index in [1.807, 2.05) is 49.4 Å². The van der Waals surface area contributed by atoms with Crippen LogP contribution in [0.4, 0.5) is 0 Å². The van der Waals surface area contributed by atoms with Crippen molar-refractivity contribution in [2.45, 2.75) is 64.7 Å². The van der Waals surface area contributed by atoms with E-state index in [1.165, 1.54) is 32.1 Å². The highest BCUT2D eigenvalue weighted by molar-refractivity contribution is 5.86. The molecule has 2 aromatic rings. The predicted molar refractivity (Wildman–Crippen MR) is 139 cm³/mol. The summed E-state index contributed by atoms with van der Waals surface area (Å²) in [6.07, 6.45) is 12.3. The Hall–Kier alpha value is -3.17. The zero-order chi connectivity index (χ0) is 24.7. The highest BCUT2D eigenvalue weighted by atomic mass is 16.7. The standard InChI is InChI=1S/C29H37NO5/c1-3-32-28-20-23(19-25(30-2)24-14-16-27-29(21-24)35-22-34-27)13-15-26(28)33-18-12-10-8-6-4-5-7-9-11-17-31/h13-16,19-21,31H,3-12,17-18,22H2,1H3/b25-19-. The Morgan fingerprint density at radius 1 is 0.886 bits per heavy atom. The van der Waals surface area contributed by atoms with Crippen LogP contribution in [0.15, 0.2) is 36.4 Å². The number of hydrogen-bond acceptors (Lipinski definition) is 5. The zero-order valence-electron chi connectivity index (χ0n) is 20.8. The highest BCUT2D eigenvalue weighted by Gasteiger charge is 2.15. The van der Waals surface area contributed by atoms with Crippen LogP contribution < -0.4 is 18.9 Å². The summed E-state index contributed by atoms with van der Waals surface area (Å²) >= 11 is 0. The number of fused-ring (bicyclic) bond motifs is 1. The summed E-state index contributed by atoms with van der Waals surface area (Å²) in [5.74, 6) is 2.79. The van der Waals surface area contributed by atoms with E-state index in [0.717, 1.165) is 42.6 Å². The fraction of sp³-hybridized carbons (Fsp3) is 0.483. The van der Waals surface area contributed by atoms with Gasteiger partial charge in [0.15, 0.2) is 28.7 Å². The number of benzene rings is 2. The van der Waals surface area contributed by atoms with E-state index >= 15 is 0 Å². The van der Waals surface area contributed by atoms with Crippen molar-refractivity contribution in [1.82, 2.24) is 0 Å². The molecule has 188 valence electrons. The summed E-state index contributed by atoms with van der Waals surface area (Å²) in [4.78, 5) is 3.72. The number of rotatable bonds is 16. The zero-order valence-corrected chi connectivity index (χ0v) is 20.8. The van der Waals surface area contributed by atoms with E-state index in [2.05, 4.69) is 4.85 Å². The van der Waals surface area contributed by atoms with Gasteiger partial charge in [-0.2, -0.15) is 0 Å². The van der Waals surface area contributed by atoms with Gasteiger partial charge in [-0.3, -0.25) is 0 Å². The van der Waals surface area contributed by atoms with E-state index in [1.54, 1.807) is 0 Å². The molecule has 0 bridgehead atoms. The normalized spacial score (nSPS) is 12.4. The van der Waals surface area contributed by atoms with Crippen LogP contribution in [0.5, 0.6) is 23.0 Å². The number of aliphatic hydroxyl groups excluding tert-OH is 1. The maximum atomic E-state index is 8.81. The number of aliphatic hydroxyl groups is 1. The topological polar surface area (TPSA) is 61.5 Å². The molecule has 1 heterocycles. The molecule has 0 spiro atoms. The molecular formula is C29H37NO5. The van der Waals surface area contributed by atoms with Gasteiger partial charge >= 0.3 is 0 Å². The minimum atomic E-state index is 0.209. The first-order valence-corrected chi connectivity index (χ1v) is 12.7. The maximum Gasteiger partial charge on any atom is 0.231 e. The lowest BCUT2D eigenvalue weighted by Gasteiger charge is -2.13. The van der Waals surface area contributed by atoms with Crippen molar-refractivity contribution in [2.75, 3.05) is 26.6 Å². The smallest absolute Gasteiger partial charge is 0.231 e. The van der Waals surface area contributed by atoms with Crippen LogP contribution >= 0.6 is 0 Å². The number of nitrogens with zero attached hydrogens (tertiary/aromatic N) is 1. The molecule has 0 amide bonds. The van der Waals surface area contributed by atoms with Crippen molar-refractivity contribution >= 4 is 11.8 Å². The van der Waals surface area contributed by atoms with Crippen LogP contribution in [0.25, 0.3) is 16.6 Å². The van der Waals surface area contributed by atoms with Crippen LogP contribution in [-0.4, -0.2) is 31.7 Å². The Kier molecular flexibility index (Phi) is 11.3. The third-order valence-electron chi connectivity index (χ3n) is 5.92. The molecule has 35 heavy (non-hydrogen) atoms. The SMILES string of the molecule is [C-]#[N+]/C(=C\c1ccc(OCCCCCCCCCCCO)c(OCC)c1)c1ccc2c(c1)OCO2. The molecule has 0 fully saturated rings. The third-order valence-corrected chi connectivity index (χ3v) is 5.92. The summed E-state index contributed by atoms with van der Waals surface area (Å²) in [6, 6.07) is 11.3. The predicted octanol–water partition coefficient (Wildman–Crippen LogP) is 7.11. The van der Waals surface area contributed by atoms with Gasteiger partial charge in [-0.05, 0) is 61.2 Å². The summed E-state index contributed by atoms with van der Waals surface area (Å²) in [7, 11) is 0. The number of unbranched alkanes of at least 4 members (excludes halogenated alkanes) is 8. The van der Waals surface area contributed by atoms with E-state index in [9.17, 15) is 0 Å². The molecule has 2 aromatic carbocycles. The van der Waals surface area contributed by atoms with Gasteiger partial charge < -0.3 is 24.1 Å². The van der Waals surface area contributed by atoms with Crippen LogP contribution in [0, 0.1) is 6.57 Å². The van der Waals surface area contributed by atoms with E-state index in [-0.39, 0.29) is 6.79 Å². The van der Waals surface area contributed by atoms with Crippen molar-refractivity contribution < 1.29 is 24.1 Å². The summed E-state index contributed by atoms with van der Waals surface area (Å²) in [5.41, 5.74) is 2.18. The highest BCUT2D eigenvalue weighted by Crippen LogP contribution is 2.36. The summed E-state index contributed by atoms with van der Waals surface area (Å²) in [6.45, 7) is 11.3. The Morgan fingerprint density at radius 2 is 1.60 bits per heavy atom. The molecule has 0 atom stereocenters. The van der Waals surface area contributed by atoms with Crippen molar-refractivity contribution in [1.29, 1.82) is 0 Å². The molecule has 6 nitrogen and oxygen atoms in total. The van der Waals surface area contributed by atoms with Crippen molar-refractivity contribution in [2.24, 2.45) is 0 Å². The Morgan fingerprint density at radius 3 is 2.31 bits per heavy atom. The molecule has 0 unspecified atom stereocenters. The molecule has 0 aliphatic carbocycles. The average Bonchev–Trinajstić information content (AvgIpc) is 3.35. The van der Waals surface area contributed by atoms with Gasteiger partial charge in [0.1, 0.15) is 0 Å². The van der Waals surface area contributed by atoms with Gasteiger partial charge in [0, 0.05) is 6.61 Å². The van der Waals surface area contributed by atoms with Crippen molar-refractivity contribution in [3.05, 3.63) is 58.9 Å². The number of ether oxygens (including phenoxy) is 4. The second kappa shape index (κ2) is 15.0. The van der Waals surface area contributed by atoms with Crippen LogP contribution in [0.3, 0.4) is 0 Å². The molecule has 1 aliphatic heterocycles. The molecule has 1 N–H and O–H groups in total. The van der Waals surface area contributed by atoms with Gasteiger partial charge in [-0.25, -0.2) is 4.85 Å². The minimum Gasteiger partial charge on any atom is -0.490 e. The third kappa shape index (κ3) is 8.52. The lowest BCUT2D eigenvalue weighted by atomic mass is 10.1. The lowest BCUT2D eigenvalue weighted by molar-refractivity contribution is 0.174. The first-order chi connectivity index (χ1) is 17.2. The second-order valence-corrected chi connectivity index (χ2v) is 8.60. The summed E-state index contributed by atoms with van der Waals surface area (Å²) < 4.78 is 22.7. The fourth-order valence-corrected chi connectivity index (χ4v) is 4.03. The molecule has 1 aliphatic rings. The minimum absolute atomic E-state index is 0.209. The molecule has 0 saturated carbocycles. The van der Waals surface area contributed by atoms with Gasteiger partial charge in [-0.15, -0.1) is 0 Å². The van der Waals surface area contributed by atoms with Crippen molar-refractivity contribution in [3.63, 3.8) is 0 Å². The molecule has 0 saturated heterocycles. The fourth-order valence-electron chi connectivity index (χ4n) is 4.03. The van der Waals surface area contributed by atoms with E-state index in [0.29, 0.717) is 42.8 Å². The summed E-state index contributed by atoms with van der Waals surface area (Å²) in [5, 5.41) is 8.81. The first-order valence-electron chi connectivity index (χ1n) is 12.7. The van der Waals surface area contributed by atoms with Gasteiger partial charge in [-0.1, -0.05) is 57.1 Å². The van der Waals surface area contributed by atoms with E-state index in [4.69, 9.17) is 30.6 Å². The first kappa shape index (κ1) is 26.4. The maximum absolute atomic E-state index is 8.81. The Labute approximate surface area is 209 Å². The van der Waals surface area contributed by atoms with Crippen molar-refractivity contribution in [3.8, 4) is 23.0 Å². The van der Waals surface area contributed by atoms with Gasteiger partial charge in [0.25, 0.3) is 0 Å². The largest absolute Gasteiger partial charge is 0.490 e. The monoisotopic (exact) mass is 479 g/mol. The Bertz CT molecular complexity index is 995. The molecule has 3 rings (SSSR count). The molecule has 0 radical (unpaired) electrons.